The van der Waals surface area contributed by atoms with Gasteiger partial charge in [0.15, 0.2) is 0 Å². The number of aryl methyl sites for hydroxylation is 1. The molecule has 1 unspecified atom stereocenters. The fourth-order valence-corrected chi connectivity index (χ4v) is 2.70. The normalized spacial score (nSPS) is 22.1. The van der Waals surface area contributed by atoms with E-state index in [2.05, 4.69) is 38.0 Å². The summed E-state index contributed by atoms with van der Waals surface area (Å²) in [5.74, 6) is 0.802. The van der Waals surface area contributed by atoms with Gasteiger partial charge in [-0.1, -0.05) is 27.2 Å². The third-order valence-electron chi connectivity index (χ3n) is 3.94. The minimum Gasteiger partial charge on any atom is -0.264 e. The van der Waals surface area contributed by atoms with Crippen molar-refractivity contribution in [2.45, 2.75) is 52.9 Å². The van der Waals surface area contributed by atoms with Crippen LogP contribution in [0.4, 0.5) is 0 Å². The smallest absolute Gasteiger partial charge is 0.0302 e. The average molecular weight is 217 g/mol. The van der Waals surface area contributed by atoms with E-state index in [1.807, 2.05) is 6.20 Å². The van der Waals surface area contributed by atoms with E-state index in [0.29, 0.717) is 5.41 Å². The molecule has 0 amide bonds. The van der Waals surface area contributed by atoms with Gasteiger partial charge in [0, 0.05) is 12.4 Å². The molecule has 1 heterocycles. The first-order chi connectivity index (χ1) is 7.57. The van der Waals surface area contributed by atoms with Crippen LogP contribution >= 0.6 is 0 Å². The largest absolute Gasteiger partial charge is 0.264 e. The Hall–Kier alpha value is -0.850. The predicted molar refractivity (Wildman–Crippen MR) is 68.4 cm³/mol. The molecule has 0 saturated carbocycles. The molecule has 0 fully saturated rings. The zero-order valence-electron chi connectivity index (χ0n) is 10.8. The van der Waals surface area contributed by atoms with Crippen molar-refractivity contribution in [2.75, 3.05) is 0 Å². The molecule has 0 radical (unpaired) electrons. The highest BCUT2D eigenvalue weighted by molar-refractivity contribution is 5.24. The Kier molecular flexibility index (Phi) is 3.32. The standard InChI is InChI=1S/C15H23N/c1-15(2,3)14-7-5-4-6-12-8-9-16-11-13(12)10-14/h8-9,11,14H,4-7,10H2,1-3H3. The minimum absolute atomic E-state index is 0.421. The average Bonchev–Trinajstić information content (AvgIpc) is 2.17. The van der Waals surface area contributed by atoms with Gasteiger partial charge in [-0.3, -0.25) is 4.98 Å². The van der Waals surface area contributed by atoms with Crippen LogP contribution in [0.1, 0.15) is 51.2 Å². The van der Waals surface area contributed by atoms with Crippen LogP contribution in [0.3, 0.4) is 0 Å². The fraction of sp³-hybridized carbons (Fsp3) is 0.667. The monoisotopic (exact) mass is 217 g/mol. The van der Waals surface area contributed by atoms with Crippen molar-refractivity contribution in [3.8, 4) is 0 Å². The first-order valence-corrected chi connectivity index (χ1v) is 6.49. The Morgan fingerprint density at radius 2 is 2.00 bits per heavy atom. The number of aromatic nitrogens is 1. The van der Waals surface area contributed by atoms with Gasteiger partial charge in [-0.2, -0.15) is 0 Å². The summed E-state index contributed by atoms with van der Waals surface area (Å²) in [7, 11) is 0. The molecule has 0 N–H and O–H groups in total. The van der Waals surface area contributed by atoms with Gasteiger partial charge < -0.3 is 0 Å². The second kappa shape index (κ2) is 4.57. The lowest BCUT2D eigenvalue weighted by atomic mass is 9.73. The molecule has 0 spiro atoms. The van der Waals surface area contributed by atoms with E-state index in [9.17, 15) is 0 Å². The van der Waals surface area contributed by atoms with Crippen molar-refractivity contribution in [3.63, 3.8) is 0 Å². The topological polar surface area (TPSA) is 12.9 Å². The summed E-state index contributed by atoms with van der Waals surface area (Å²) in [5, 5.41) is 0. The second-order valence-electron chi connectivity index (χ2n) is 6.16. The summed E-state index contributed by atoms with van der Waals surface area (Å²) in [5.41, 5.74) is 3.44. The van der Waals surface area contributed by atoms with Crippen molar-refractivity contribution in [2.24, 2.45) is 11.3 Å². The van der Waals surface area contributed by atoms with Crippen molar-refractivity contribution in [1.29, 1.82) is 0 Å². The van der Waals surface area contributed by atoms with Gasteiger partial charge in [0.05, 0.1) is 0 Å². The summed E-state index contributed by atoms with van der Waals surface area (Å²) >= 11 is 0. The van der Waals surface area contributed by atoms with Crippen LogP contribution in [0.2, 0.25) is 0 Å². The molecule has 2 rings (SSSR count). The predicted octanol–water partition coefficient (Wildman–Crippen LogP) is 4.01. The lowest BCUT2D eigenvalue weighted by molar-refractivity contribution is 0.216. The van der Waals surface area contributed by atoms with Crippen LogP contribution in [0.5, 0.6) is 0 Å². The quantitative estimate of drug-likeness (QED) is 0.640. The van der Waals surface area contributed by atoms with Crippen LogP contribution in [-0.2, 0) is 12.8 Å². The first-order valence-electron chi connectivity index (χ1n) is 6.49. The van der Waals surface area contributed by atoms with Crippen LogP contribution in [-0.4, -0.2) is 4.98 Å². The maximum Gasteiger partial charge on any atom is 0.0302 e. The maximum absolute atomic E-state index is 4.29. The Bertz CT molecular complexity index is 349. The molecule has 0 aromatic carbocycles. The molecule has 1 aliphatic rings. The minimum atomic E-state index is 0.421. The van der Waals surface area contributed by atoms with Crippen LogP contribution in [0.25, 0.3) is 0 Å². The Morgan fingerprint density at radius 1 is 1.19 bits per heavy atom. The molecule has 1 heteroatoms. The molecule has 88 valence electrons. The van der Waals surface area contributed by atoms with Gasteiger partial charge in [0.1, 0.15) is 0 Å². The number of nitrogens with zero attached hydrogens (tertiary/aromatic N) is 1. The summed E-state index contributed by atoms with van der Waals surface area (Å²) in [6, 6.07) is 2.21. The first kappa shape index (κ1) is 11.6. The molecule has 1 aromatic heterocycles. The van der Waals surface area contributed by atoms with Crippen molar-refractivity contribution in [3.05, 3.63) is 29.6 Å². The van der Waals surface area contributed by atoms with Gasteiger partial charge in [-0.15, -0.1) is 0 Å². The highest BCUT2D eigenvalue weighted by Crippen LogP contribution is 2.35. The Balaban J connectivity index is 2.25. The Labute approximate surface area is 99.3 Å². The van der Waals surface area contributed by atoms with Crippen molar-refractivity contribution in [1.82, 2.24) is 4.98 Å². The molecule has 0 bridgehead atoms. The molecule has 1 aromatic rings. The SMILES string of the molecule is CC(C)(C)C1CCCCc2ccncc2C1. The van der Waals surface area contributed by atoms with E-state index in [4.69, 9.17) is 0 Å². The number of pyridine rings is 1. The molecular weight excluding hydrogens is 194 g/mol. The lowest BCUT2D eigenvalue weighted by Crippen LogP contribution is -2.24. The van der Waals surface area contributed by atoms with E-state index in [1.165, 1.54) is 43.2 Å². The number of hydrogen-bond acceptors (Lipinski definition) is 1. The molecule has 1 atom stereocenters. The highest BCUT2D eigenvalue weighted by atomic mass is 14.6. The number of hydrogen-bond donors (Lipinski definition) is 0. The number of rotatable bonds is 0. The summed E-state index contributed by atoms with van der Waals surface area (Å²) in [6.07, 6.45) is 10.6. The van der Waals surface area contributed by atoms with E-state index in [0.717, 1.165) is 5.92 Å². The van der Waals surface area contributed by atoms with Gasteiger partial charge >= 0.3 is 0 Å². The van der Waals surface area contributed by atoms with Gasteiger partial charge in [0.25, 0.3) is 0 Å². The van der Waals surface area contributed by atoms with E-state index >= 15 is 0 Å². The maximum atomic E-state index is 4.29. The molecule has 1 nitrogen and oxygen atoms in total. The number of fused-ring (bicyclic) bond motifs is 1. The lowest BCUT2D eigenvalue weighted by Gasteiger charge is -2.32. The molecule has 16 heavy (non-hydrogen) atoms. The van der Waals surface area contributed by atoms with Gasteiger partial charge in [-0.05, 0) is 54.2 Å². The zero-order valence-corrected chi connectivity index (χ0v) is 10.8. The second-order valence-corrected chi connectivity index (χ2v) is 6.16. The summed E-state index contributed by atoms with van der Waals surface area (Å²) in [6.45, 7) is 7.11. The van der Waals surface area contributed by atoms with Gasteiger partial charge in [-0.25, -0.2) is 0 Å². The van der Waals surface area contributed by atoms with Crippen LogP contribution in [0, 0.1) is 11.3 Å². The molecule has 0 aliphatic heterocycles. The van der Waals surface area contributed by atoms with E-state index < -0.39 is 0 Å². The Morgan fingerprint density at radius 3 is 2.75 bits per heavy atom. The van der Waals surface area contributed by atoms with Gasteiger partial charge in [0.2, 0.25) is 0 Å². The van der Waals surface area contributed by atoms with Crippen LogP contribution < -0.4 is 0 Å². The third-order valence-corrected chi connectivity index (χ3v) is 3.94. The molecule has 0 saturated heterocycles. The van der Waals surface area contributed by atoms with Crippen molar-refractivity contribution < 1.29 is 0 Å². The van der Waals surface area contributed by atoms with E-state index in [1.54, 1.807) is 0 Å². The highest BCUT2D eigenvalue weighted by Gasteiger charge is 2.26. The summed E-state index contributed by atoms with van der Waals surface area (Å²) < 4.78 is 0. The molecule has 1 aliphatic carbocycles. The molecular formula is C15H23N. The zero-order chi connectivity index (χ0) is 11.6. The third kappa shape index (κ3) is 2.63. The van der Waals surface area contributed by atoms with Crippen molar-refractivity contribution >= 4 is 0 Å². The fourth-order valence-electron chi connectivity index (χ4n) is 2.70. The van der Waals surface area contributed by atoms with E-state index in [-0.39, 0.29) is 0 Å². The van der Waals surface area contributed by atoms with Crippen LogP contribution in [0.15, 0.2) is 18.5 Å². The summed E-state index contributed by atoms with van der Waals surface area (Å²) in [4.78, 5) is 4.29.